The highest BCUT2D eigenvalue weighted by Gasteiger charge is 2.23. The lowest BCUT2D eigenvalue weighted by atomic mass is 9.79. The minimum absolute atomic E-state index is 0.0686. The average Bonchev–Trinajstić information content (AvgIpc) is 2.77. The maximum atomic E-state index is 11.7. The number of benzene rings is 3. The first-order valence-electron chi connectivity index (χ1n) is 10.4. The van der Waals surface area contributed by atoms with E-state index in [1.807, 2.05) is 30.3 Å². The van der Waals surface area contributed by atoms with Crippen LogP contribution in [0.1, 0.15) is 41.5 Å². The summed E-state index contributed by atoms with van der Waals surface area (Å²) < 4.78 is 11.3. The van der Waals surface area contributed by atoms with Crippen LogP contribution in [-0.2, 0) is 24.2 Å². The first kappa shape index (κ1) is 20.0. The number of aryl methyl sites for hydroxylation is 1. The standard InChI is InChI=1S/C26H27NO3/c1-18(28)27-26-16-23(29-2)12-13-25(26)22-9-8-21-15-24(11-10-20(21)14-22)30-17-19-6-4-3-5-7-19/h3-7,10-13,15-16,22H,8-9,14,17H2,1-2H3,(H,27,28)/t22-/m1/s1. The zero-order valence-electron chi connectivity index (χ0n) is 17.5. The summed E-state index contributed by atoms with van der Waals surface area (Å²) in [6.45, 7) is 2.12. The van der Waals surface area contributed by atoms with Crippen LogP contribution in [0.2, 0.25) is 0 Å². The van der Waals surface area contributed by atoms with Crippen molar-refractivity contribution in [2.45, 2.75) is 38.7 Å². The number of fused-ring (bicyclic) bond motifs is 1. The Morgan fingerprint density at radius 3 is 2.57 bits per heavy atom. The minimum Gasteiger partial charge on any atom is -0.497 e. The Hall–Kier alpha value is -3.27. The number of carbonyl (C=O) groups is 1. The van der Waals surface area contributed by atoms with Crippen molar-refractivity contribution in [3.05, 3.63) is 89.0 Å². The molecule has 154 valence electrons. The number of methoxy groups -OCH3 is 1. The molecule has 3 aromatic rings. The van der Waals surface area contributed by atoms with Gasteiger partial charge in [0.2, 0.25) is 5.91 Å². The number of anilines is 1. The molecular weight excluding hydrogens is 374 g/mol. The number of ether oxygens (including phenoxy) is 2. The average molecular weight is 402 g/mol. The molecular formula is C26H27NO3. The summed E-state index contributed by atoms with van der Waals surface area (Å²) in [5, 5.41) is 2.97. The van der Waals surface area contributed by atoms with Gasteiger partial charge < -0.3 is 14.8 Å². The van der Waals surface area contributed by atoms with Crippen LogP contribution in [0.3, 0.4) is 0 Å². The Morgan fingerprint density at radius 2 is 1.80 bits per heavy atom. The van der Waals surface area contributed by atoms with E-state index in [0.717, 1.165) is 36.4 Å². The summed E-state index contributed by atoms with van der Waals surface area (Å²) in [4.78, 5) is 11.7. The van der Waals surface area contributed by atoms with Crippen LogP contribution in [0.25, 0.3) is 0 Å². The van der Waals surface area contributed by atoms with Crippen molar-refractivity contribution >= 4 is 11.6 Å². The molecule has 0 aromatic heterocycles. The van der Waals surface area contributed by atoms with Gasteiger partial charge in [-0.25, -0.2) is 0 Å². The molecule has 4 heteroatoms. The molecule has 0 heterocycles. The summed E-state index contributed by atoms with van der Waals surface area (Å²) in [5.41, 5.74) is 5.88. The Morgan fingerprint density at radius 1 is 1.00 bits per heavy atom. The van der Waals surface area contributed by atoms with Crippen molar-refractivity contribution in [1.82, 2.24) is 0 Å². The summed E-state index contributed by atoms with van der Waals surface area (Å²) in [6.07, 6.45) is 2.98. The van der Waals surface area contributed by atoms with Gasteiger partial charge in [-0.15, -0.1) is 0 Å². The summed E-state index contributed by atoms with van der Waals surface area (Å²) in [6, 6.07) is 22.6. The number of nitrogens with one attached hydrogen (secondary N) is 1. The Kier molecular flexibility index (Phi) is 6.03. The van der Waals surface area contributed by atoms with Crippen LogP contribution < -0.4 is 14.8 Å². The van der Waals surface area contributed by atoms with E-state index in [0.29, 0.717) is 12.5 Å². The van der Waals surface area contributed by atoms with Gasteiger partial charge in [-0.3, -0.25) is 4.79 Å². The lowest BCUT2D eigenvalue weighted by molar-refractivity contribution is -0.114. The van der Waals surface area contributed by atoms with Crippen molar-refractivity contribution < 1.29 is 14.3 Å². The van der Waals surface area contributed by atoms with Gasteiger partial charge in [-0.2, -0.15) is 0 Å². The fourth-order valence-corrected chi connectivity index (χ4v) is 4.14. The fraction of sp³-hybridized carbons (Fsp3) is 0.269. The molecule has 0 fully saturated rings. The van der Waals surface area contributed by atoms with E-state index in [-0.39, 0.29) is 5.91 Å². The van der Waals surface area contributed by atoms with E-state index in [9.17, 15) is 4.79 Å². The highest BCUT2D eigenvalue weighted by atomic mass is 16.5. The summed E-state index contributed by atoms with van der Waals surface area (Å²) in [7, 11) is 1.64. The number of rotatable bonds is 6. The van der Waals surface area contributed by atoms with E-state index in [1.54, 1.807) is 7.11 Å². The third-order valence-electron chi connectivity index (χ3n) is 5.67. The Labute approximate surface area is 177 Å². The molecule has 0 bridgehead atoms. The van der Waals surface area contributed by atoms with E-state index < -0.39 is 0 Å². The summed E-state index contributed by atoms with van der Waals surface area (Å²) >= 11 is 0. The summed E-state index contributed by atoms with van der Waals surface area (Å²) in [5.74, 6) is 1.96. The second-order valence-corrected chi connectivity index (χ2v) is 7.78. The van der Waals surface area contributed by atoms with Gasteiger partial charge >= 0.3 is 0 Å². The topological polar surface area (TPSA) is 47.6 Å². The van der Waals surface area contributed by atoms with Crippen molar-refractivity contribution in [3.8, 4) is 11.5 Å². The third-order valence-corrected chi connectivity index (χ3v) is 5.67. The molecule has 3 aromatic carbocycles. The normalized spacial score (nSPS) is 15.2. The van der Waals surface area contributed by atoms with Crippen LogP contribution in [0, 0.1) is 0 Å². The maximum Gasteiger partial charge on any atom is 0.221 e. The zero-order valence-corrected chi connectivity index (χ0v) is 17.5. The predicted molar refractivity (Wildman–Crippen MR) is 119 cm³/mol. The van der Waals surface area contributed by atoms with Crippen molar-refractivity contribution in [2.75, 3.05) is 12.4 Å². The second-order valence-electron chi connectivity index (χ2n) is 7.78. The Balaban J connectivity index is 1.49. The molecule has 0 radical (unpaired) electrons. The monoisotopic (exact) mass is 401 g/mol. The molecule has 4 rings (SSSR count). The third kappa shape index (κ3) is 4.65. The van der Waals surface area contributed by atoms with Gasteiger partial charge in [-0.05, 0) is 65.6 Å². The molecule has 1 aliphatic rings. The molecule has 0 spiro atoms. The van der Waals surface area contributed by atoms with E-state index >= 15 is 0 Å². The molecule has 0 saturated heterocycles. The lowest BCUT2D eigenvalue weighted by Gasteiger charge is -2.27. The number of hydrogen-bond acceptors (Lipinski definition) is 3. The molecule has 0 saturated carbocycles. The van der Waals surface area contributed by atoms with E-state index in [1.165, 1.54) is 29.2 Å². The SMILES string of the molecule is COc1ccc([C@@H]2CCc3cc(OCc4ccccc4)ccc3C2)c(NC(C)=O)c1. The number of amides is 1. The van der Waals surface area contributed by atoms with Gasteiger partial charge in [-0.1, -0.05) is 42.5 Å². The maximum absolute atomic E-state index is 11.7. The van der Waals surface area contributed by atoms with Gasteiger partial charge in [0.15, 0.2) is 0 Å². The van der Waals surface area contributed by atoms with Gasteiger partial charge in [0.25, 0.3) is 0 Å². The van der Waals surface area contributed by atoms with Crippen molar-refractivity contribution in [1.29, 1.82) is 0 Å². The van der Waals surface area contributed by atoms with E-state index in [2.05, 4.69) is 41.7 Å². The highest BCUT2D eigenvalue weighted by molar-refractivity contribution is 5.90. The first-order valence-corrected chi connectivity index (χ1v) is 10.4. The predicted octanol–water partition coefficient (Wildman–Crippen LogP) is 5.51. The molecule has 1 aliphatic carbocycles. The van der Waals surface area contributed by atoms with Crippen molar-refractivity contribution in [3.63, 3.8) is 0 Å². The lowest BCUT2D eigenvalue weighted by Crippen LogP contribution is -2.16. The quantitative estimate of drug-likeness (QED) is 0.593. The second kappa shape index (κ2) is 9.04. The first-order chi connectivity index (χ1) is 14.6. The van der Waals surface area contributed by atoms with Crippen molar-refractivity contribution in [2.24, 2.45) is 0 Å². The molecule has 1 amide bonds. The van der Waals surface area contributed by atoms with Crippen LogP contribution in [0.15, 0.2) is 66.7 Å². The Bertz CT molecular complexity index is 1030. The van der Waals surface area contributed by atoms with Gasteiger partial charge in [0.05, 0.1) is 7.11 Å². The van der Waals surface area contributed by atoms with Gasteiger partial charge in [0.1, 0.15) is 18.1 Å². The molecule has 1 atom stereocenters. The van der Waals surface area contributed by atoms with Crippen LogP contribution in [-0.4, -0.2) is 13.0 Å². The zero-order chi connectivity index (χ0) is 20.9. The van der Waals surface area contributed by atoms with Crippen LogP contribution in [0.5, 0.6) is 11.5 Å². The van der Waals surface area contributed by atoms with Crippen LogP contribution in [0.4, 0.5) is 5.69 Å². The number of carbonyl (C=O) groups excluding carboxylic acids is 1. The van der Waals surface area contributed by atoms with Crippen LogP contribution >= 0.6 is 0 Å². The van der Waals surface area contributed by atoms with Gasteiger partial charge in [0, 0.05) is 18.7 Å². The number of hydrogen-bond donors (Lipinski definition) is 1. The molecule has 0 aliphatic heterocycles. The molecule has 0 unspecified atom stereocenters. The van der Waals surface area contributed by atoms with E-state index in [4.69, 9.17) is 9.47 Å². The highest BCUT2D eigenvalue weighted by Crippen LogP contribution is 2.38. The molecule has 30 heavy (non-hydrogen) atoms. The molecule has 4 nitrogen and oxygen atoms in total. The smallest absolute Gasteiger partial charge is 0.221 e. The minimum atomic E-state index is -0.0686. The molecule has 1 N–H and O–H groups in total. The fourth-order valence-electron chi connectivity index (χ4n) is 4.14. The largest absolute Gasteiger partial charge is 0.497 e.